The molecule has 0 bridgehead atoms. The van der Waals surface area contributed by atoms with Gasteiger partial charge in [0.1, 0.15) is 0 Å². The number of hydrogen-bond acceptors (Lipinski definition) is 3. The smallest absolute Gasteiger partial charge is 0.311 e. The molecule has 0 spiro atoms. The van der Waals surface area contributed by atoms with Crippen LogP contribution >= 0.6 is 12.4 Å². The van der Waals surface area contributed by atoms with Crippen molar-refractivity contribution in [1.29, 1.82) is 0 Å². The lowest BCUT2D eigenvalue weighted by Crippen LogP contribution is -2.51. The molecule has 1 saturated carbocycles. The Hall–Kier alpha value is -0.810. The number of likely N-dealkylation sites (tertiary alicyclic amines) is 1. The maximum absolute atomic E-state index is 12.2. The predicted molar refractivity (Wildman–Crippen MR) is 83.6 cm³/mol. The van der Waals surface area contributed by atoms with Crippen molar-refractivity contribution >= 4 is 24.3 Å². The second-order valence-electron chi connectivity index (χ2n) is 7.40. The Morgan fingerprint density at radius 1 is 1.38 bits per heavy atom. The van der Waals surface area contributed by atoms with Crippen molar-refractivity contribution in [3.63, 3.8) is 0 Å². The fourth-order valence-corrected chi connectivity index (χ4v) is 3.61. The van der Waals surface area contributed by atoms with Crippen LogP contribution in [0.4, 0.5) is 0 Å². The van der Waals surface area contributed by atoms with E-state index in [0.717, 1.165) is 25.8 Å². The molecule has 2 N–H and O–H groups in total. The quantitative estimate of drug-likeness (QED) is 0.834. The number of carboxylic acids is 1. The average molecular weight is 319 g/mol. The maximum atomic E-state index is 12.2. The Kier molecular flexibility index (Phi) is 5.32. The van der Waals surface area contributed by atoms with Crippen molar-refractivity contribution in [2.75, 3.05) is 13.1 Å². The zero-order valence-corrected chi connectivity index (χ0v) is 14.1. The molecular formula is C15H27ClN2O3. The summed E-state index contributed by atoms with van der Waals surface area (Å²) in [5, 5.41) is 12.5. The number of aliphatic carboxylic acids is 1. The van der Waals surface area contributed by atoms with Gasteiger partial charge in [0.2, 0.25) is 5.91 Å². The van der Waals surface area contributed by atoms with Crippen LogP contribution in [0, 0.1) is 11.3 Å². The van der Waals surface area contributed by atoms with E-state index in [2.05, 4.69) is 5.32 Å². The van der Waals surface area contributed by atoms with Gasteiger partial charge in [0.05, 0.1) is 11.5 Å². The summed E-state index contributed by atoms with van der Waals surface area (Å²) in [6.45, 7) is 8.97. The molecule has 1 unspecified atom stereocenters. The zero-order chi connectivity index (χ0) is 15.1. The minimum atomic E-state index is -0.689. The van der Waals surface area contributed by atoms with Crippen LogP contribution in [0.1, 0.15) is 47.0 Å². The first kappa shape index (κ1) is 18.2. The van der Waals surface area contributed by atoms with E-state index in [0.29, 0.717) is 6.54 Å². The van der Waals surface area contributed by atoms with Crippen LogP contribution in [-0.4, -0.2) is 46.6 Å². The van der Waals surface area contributed by atoms with Gasteiger partial charge in [-0.1, -0.05) is 6.42 Å². The van der Waals surface area contributed by atoms with E-state index in [9.17, 15) is 14.7 Å². The van der Waals surface area contributed by atoms with Crippen molar-refractivity contribution in [1.82, 2.24) is 10.2 Å². The number of hydrogen-bond donors (Lipinski definition) is 2. The summed E-state index contributed by atoms with van der Waals surface area (Å²) < 4.78 is 0. The van der Waals surface area contributed by atoms with Crippen LogP contribution in [0.3, 0.4) is 0 Å². The number of rotatable bonds is 3. The van der Waals surface area contributed by atoms with E-state index >= 15 is 0 Å². The van der Waals surface area contributed by atoms with Crippen LogP contribution in [0.25, 0.3) is 0 Å². The van der Waals surface area contributed by atoms with E-state index in [1.165, 1.54) is 0 Å². The minimum absolute atomic E-state index is 0. The number of halogens is 1. The van der Waals surface area contributed by atoms with Gasteiger partial charge in [-0.3, -0.25) is 14.5 Å². The van der Waals surface area contributed by atoms with Crippen LogP contribution < -0.4 is 5.32 Å². The summed E-state index contributed by atoms with van der Waals surface area (Å²) in [5.74, 6) is -0.506. The molecule has 0 aromatic carbocycles. The summed E-state index contributed by atoms with van der Waals surface area (Å²) >= 11 is 0. The SMILES string of the molecule is CC(C(=O)NC(C)(C)C)N1C[C@@H]2CCC[C@@]2(C(=O)O)C1.Cl. The van der Waals surface area contributed by atoms with E-state index in [1.54, 1.807) is 0 Å². The predicted octanol–water partition coefficient (Wildman–Crippen LogP) is 1.90. The van der Waals surface area contributed by atoms with E-state index in [4.69, 9.17) is 0 Å². The first-order chi connectivity index (χ1) is 9.16. The lowest BCUT2D eigenvalue weighted by Gasteiger charge is -2.29. The van der Waals surface area contributed by atoms with E-state index in [-0.39, 0.29) is 35.8 Å². The zero-order valence-electron chi connectivity index (χ0n) is 13.3. The largest absolute Gasteiger partial charge is 0.481 e. The average Bonchev–Trinajstić information content (AvgIpc) is 2.81. The van der Waals surface area contributed by atoms with Gasteiger partial charge in [0, 0.05) is 18.6 Å². The number of amides is 1. The molecule has 1 aliphatic heterocycles. The van der Waals surface area contributed by atoms with Crippen LogP contribution in [0.15, 0.2) is 0 Å². The Bertz CT molecular complexity index is 422. The number of carbonyl (C=O) groups excluding carboxylic acids is 1. The second-order valence-corrected chi connectivity index (χ2v) is 7.40. The van der Waals surface area contributed by atoms with Gasteiger partial charge < -0.3 is 10.4 Å². The monoisotopic (exact) mass is 318 g/mol. The molecule has 0 aromatic heterocycles. The number of carbonyl (C=O) groups is 2. The summed E-state index contributed by atoms with van der Waals surface area (Å²) in [4.78, 5) is 25.9. The van der Waals surface area contributed by atoms with E-state index < -0.39 is 11.4 Å². The standard InChI is InChI=1S/C15H26N2O3.ClH/c1-10(12(18)16-14(2,3)4)17-8-11-6-5-7-15(11,9-17)13(19)20;/h10-11H,5-9H2,1-4H3,(H,16,18)(H,19,20);1H/t10?,11-,15+;/m0./s1. The molecule has 122 valence electrons. The van der Waals surface area contributed by atoms with Crippen molar-refractivity contribution in [2.45, 2.75) is 58.5 Å². The van der Waals surface area contributed by atoms with Crippen LogP contribution in [-0.2, 0) is 9.59 Å². The van der Waals surface area contributed by atoms with Crippen molar-refractivity contribution < 1.29 is 14.7 Å². The van der Waals surface area contributed by atoms with Crippen LogP contribution in [0.2, 0.25) is 0 Å². The van der Waals surface area contributed by atoms with Gasteiger partial charge in [-0.25, -0.2) is 0 Å². The molecule has 1 heterocycles. The molecule has 5 nitrogen and oxygen atoms in total. The Morgan fingerprint density at radius 2 is 2.00 bits per heavy atom. The number of carboxylic acid groups (broad SMARTS) is 1. The summed E-state index contributed by atoms with van der Waals surface area (Å²) in [6.07, 6.45) is 2.71. The molecule has 2 aliphatic rings. The number of nitrogens with one attached hydrogen (secondary N) is 1. The summed E-state index contributed by atoms with van der Waals surface area (Å²) in [6, 6.07) is -0.268. The van der Waals surface area contributed by atoms with Gasteiger partial charge >= 0.3 is 5.97 Å². The van der Waals surface area contributed by atoms with Gasteiger partial charge in [-0.15, -0.1) is 12.4 Å². The molecular weight excluding hydrogens is 292 g/mol. The lowest BCUT2D eigenvalue weighted by molar-refractivity contribution is -0.149. The van der Waals surface area contributed by atoms with Crippen molar-refractivity contribution in [3.8, 4) is 0 Å². The number of nitrogens with zero attached hydrogens (tertiary/aromatic N) is 1. The maximum Gasteiger partial charge on any atom is 0.311 e. The van der Waals surface area contributed by atoms with Gasteiger partial charge in [-0.05, 0) is 46.5 Å². The highest BCUT2D eigenvalue weighted by atomic mass is 35.5. The second kappa shape index (κ2) is 6.13. The first-order valence-corrected chi connectivity index (χ1v) is 7.45. The molecule has 1 saturated heterocycles. The summed E-state index contributed by atoms with van der Waals surface area (Å²) in [7, 11) is 0. The molecule has 1 aliphatic carbocycles. The Balaban J connectivity index is 0.00000220. The highest BCUT2D eigenvalue weighted by Crippen LogP contribution is 2.49. The van der Waals surface area contributed by atoms with Gasteiger partial charge in [0.25, 0.3) is 0 Å². The third kappa shape index (κ3) is 3.51. The highest BCUT2D eigenvalue weighted by Gasteiger charge is 2.55. The molecule has 0 radical (unpaired) electrons. The molecule has 3 atom stereocenters. The van der Waals surface area contributed by atoms with E-state index in [1.807, 2.05) is 32.6 Å². The summed E-state index contributed by atoms with van der Waals surface area (Å²) in [5.41, 5.74) is -0.873. The highest BCUT2D eigenvalue weighted by molar-refractivity contribution is 5.85. The Labute approximate surface area is 132 Å². The Morgan fingerprint density at radius 3 is 2.48 bits per heavy atom. The van der Waals surface area contributed by atoms with Crippen molar-refractivity contribution in [2.24, 2.45) is 11.3 Å². The fraction of sp³-hybridized carbons (Fsp3) is 0.867. The van der Waals surface area contributed by atoms with Gasteiger partial charge in [-0.2, -0.15) is 0 Å². The fourth-order valence-electron chi connectivity index (χ4n) is 3.61. The van der Waals surface area contributed by atoms with Gasteiger partial charge in [0.15, 0.2) is 0 Å². The minimum Gasteiger partial charge on any atom is -0.481 e. The van der Waals surface area contributed by atoms with Crippen LogP contribution in [0.5, 0.6) is 0 Å². The molecule has 2 fully saturated rings. The third-order valence-electron chi connectivity index (χ3n) is 4.75. The number of fused-ring (bicyclic) bond motifs is 1. The first-order valence-electron chi connectivity index (χ1n) is 7.45. The topological polar surface area (TPSA) is 69.6 Å². The molecule has 2 rings (SSSR count). The molecule has 1 amide bonds. The van der Waals surface area contributed by atoms with Crippen molar-refractivity contribution in [3.05, 3.63) is 0 Å². The molecule has 6 heteroatoms. The molecule has 0 aromatic rings. The normalized spacial score (nSPS) is 30.4. The third-order valence-corrected chi connectivity index (χ3v) is 4.75. The molecule has 21 heavy (non-hydrogen) atoms. The lowest BCUT2D eigenvalue weighted by atomic mass is 9.81.